The van der Waals surface area contributed by atoms with Crippen LogP contribution in [-0.4, -0.2) is 29.4 Å². The Hall–Kier alpha value is -2.35. The molecule has 24 heavy (non-hydrogen) atoms. The fourth-order valence-corrected chi connectivity index (χ4v) is 3.67. The molecule has 1 unspecified atom stereocenters. The Bertz CT molecular complexity index is 729. The Morgan fingerprint density at radius 2 is 2.00 bits per heavy atom. The maximum absolute atomic E-state index is 13.4. The highest BCUT2D eigenvalue weighted by Gasteiger charge is 2.58. The highest BCUT2D eigenvalue weighted by molar-refractivity contribution is 6.39. The number of nitrogens with zero attached hydrogens (tertiary/aromatic N) is 1. The van der Waals surface area contributed by atoms with Crippen LogP contribution in [-0.2, 0) is 9.59 Å². The van der Waals surface area contributed by atoms with Gasteiger partial charge in [-0.25, -0.2) is 9.38 Å². The van der Waals surface area contributed by atoms with E-state index in [2.05, 4.69) is 15.6 Å². The van der Waals surface area contributed by atoms with Crippen molar-refractivity contribution in [3.8, 4) is 0 Å². The number of hydrogen-bond acceptors (Lipinski definition) is 3. The fourth-order valence-electron chi connectivity index (χ4n) is 3.55. The van der Waals surface area contributed by atoms with Gasteiger partial charge < -0.3 is 22.1 Å². The van der Waals surface area contributed by atoms with Gasteiger partial charge in [0.2, 0.25) is 0 Å². The summed E-state index contributed by atoms with van der Waals surface area (Å²) in [7, 11) is 0. The van der Waals surface area contributed by atoms with Gasteiger partial charge in [0, 0.05) is 5.69 Å². The fraction of sp³-hybridized carbons (Fsp3) is 0.400. The van der Waals surface area contributed by atoms with Crippen molar-refractivity contribution < 1.29 is 14.0 Å². The monoisotopic (exact) mass is 353 g/mol. The van der Waals surface area contributed by atoms with Gasteiger partial charge in [-0.05, 0) is 43.4 Å². The Morgan fingerprint density at radius 1 is 1.29 bits per heavy atom. The quantitative estimate of drug-likeness (QED) is 0.363. The molecule has 1 aromatic rings. The number of nitrogens with one attached hydrogen (secondary N) is 2. The zero-order valence-corrected chi connectivity index (χ0v) is 13.4. The molecule has 128 valence electrons. The van der Waals surface area contributed by atoms with Crippen molar-refractivity contribution in [2.45, 2.75) is 30.8 Å². The summed E-state index contributed by atoms with van der Waals surface area (Å²) in [5.41, 5.74) is 10.5. The molecule has 0 saturated heterocycles. The largest absolute Gasteiger partial charge is 0.370 e. The molecule has 7 nitrogen and oxygen atoms in total. The lowest BCUT2D eigenvalue weighted by molar-refractivity contribution is -0.136. The van der Waals surface area contributed by atoms with E-state index in [4.69, 9.17) is 23.1 Å². The first-order chi connectivity index (χ1) is 11.3. The van der Waals surface area contributed by atoms with E-state index < -0.39 is 23.2 Å². The number of aliphatic imine (C=N–C) groups is 1. The van der Waals surface area contributed by atoms with E-state index in [0.717, 1.165) is 25.3 Å². The van der Waals surface area contributed by atoms with Crippen molar-refractivity contribution in [1.82, 2.24) is 5.32 Å². The third-order valence-corrected chi connectivity index (χ3v) is 4.85. The van der Waals surface area contributed by atoms with Crippen LogP contribution in [0.15, 0.2) is 23.2 Å². The third kappa shape index (κ3) is 3.01. The van der Waals surface area contributed by atoms with E-state index in [9.17, 15) is 14.0 Å². The van der Waals surface area contributed by atoms with Crippen molar-refractivity contribution in [1.29, 1.82) is 0 Å². The van der Waals surface area contributed by atoms with E-state index in [-0.39, 0.29) is 22.7 Å². The Labute approximate surface area is 142 Å². The third-order valence-electron chi connectivity index (χ3n) is 4.54. The van der Waals surface area contributed by atoms with Crippen LogP contribution >= 0.6 is 11.6 Å². The number of hydrogen-bond donors (Lipinski definition) is 4. The van der Waals surface area contributed by atoms with E-state index in [1.165, 1.54) is 12.1 Å². The van der Waals surface area contributed by atoms with Gasteiger partial charge in [0.15, 0.2) is 5.96 Å². The maximum atomic E-state index is 13.4. The van der Waals surface area contributed by atoms with Gasteiger partial charge in [-0.2, -0.15) is 0 Å². The first kappa shape index (κ1) is 16.5. The summed E-state index contributed by atoms with van der Waals surface area (Å²) in [6.45, 7) is 0. The molecule has 0 heterocycles. The minimum absolute atomic E-state index is 0.0318. The van der Waals surface area contributed by atoms with Crippen molar-refractivity contribution in [2.24, 2.45) is 22.4 Å². The van der Waals surface area contributed by atoms with E-state index in [1.54, 1.807) is 0 Å². The number of benzene rings is 1. The summed E-state index contributed by atoms with van der Waals surface area (Å²) in [6.07, 6.45) is 2.31. The summed E-state index contributed by atoms with van der Waals surface area (Å²) in [6, 6.07) is 3.46. The molecule has 4 rings (SSSR count). The SMILES string of the molecule is NC(N)=NC12CC(CC1NC(=O)C(=O)Nc1ccc(Cl)c(F)c1)C2. The molecule has 0 radical (unpaired) electrons. The minimum Gasteiger partial charge on any atom is -0.370 e. The Kier molecular flexibility index (Phi) is 4.08. The van der Waals surface area contributed by atoms with Crippen LogP contribution in [0.4, 0.5) is 10.1 Å². The topological polar surface area (TPSA) is 123 Å². The second-order valence-electron chi connectivity index (χ2n) is 6.26. The van der Waals surface area contributed by atoms with Gasteiger partial charge in [0.25, 0.3) is 0 Å². The summed E-state index contributed by atoms with van der Waals surface area (Å²) in [4.78, 5) is 28.3. The molecule has 1 atom stereocenters. The molecule has 6 N–H and O–H groups in total. The van der Waals surface area contributed by atoms with Crippen LogP contribution in [0.3, 0.4) is 0 Å². The predicted molar refractivity (Wildman–Crippen MR) is 87.9 cm³/mol. The molecular formula is C15H17ClFN5O2. The number of carbonyl (C=O) groups excluding carboxylic acids is 2. The zero-order valence-electron chi connectivity index (χ0n) is 12.7. The average Bonchev–Trinajstić information content (AvgIpc) is 2.95. The number of guanidine groups is 1. The molecule has 0 spiro atoms. The average molecular weight is 354 g/mol. The molecular weight excluding hydrogens is 337 g/mol. The molecule has 3 aliphatic rings. The second kappa shape index (κ2) is 5.94. The predicted octanol–water partition coefficient (Wildman–Crippen LogP) is 0.728. The van der Waals surface area contributed by atoms with Crippen molar-refractivity contribution >= 4 is 35.1 Å². The van der Waals surface area contributed by atoms with Gasteiger partial charge in [-0.3, -0.25) is 9.59 Å². The molecule has 2 bridgehead atoms. The zero-order chi connectivity index (χ0) is 17.5. The molecule has 3 saturated carbocycles. The lowest BCUT2D eigenvalue weighted by Gasteiger charge is -2.37. The molecule has 3 fully saturated rings. The molecule has 1 aromatic carbocycles. The molecule has 9 heteroatoms. The lowest BCUT2D eigenvalue weighted by Crippen LogP contribution is -2.52. The first-order valence-electron chi connectivity index (χ1n) is 7.47. The van der Waals surface area contributed by atoms with Gasteiger partial charge in [-0.1, -0.05) is 11.6 Å². The summed E-state index contributed by atoms with van der Waals surface area (Å²) in [5.74, 6) is -1.96. The molecule has 0 aromatic heterocycles. The van der Waals surface area contributed by atoms with Gasteiger partial charge in [0.05, 0.1) is 16.6 Å². The standard InChI is InChI=1S/C15H17ClFN5O2/c16-9-2-1-8(4-10(9)17)20-12(23)13(24)21-11-3-7-5-15(11,6-7)22-14(18)19/h1-2,4,7,11H,3,5-6H2,(H,20,23)(H,21,24)(H4,18,19,22). The number of fused-ring (bicyclic) bond motifs is 1. The van der Waals surface area contributed by atoms with Crippen LogP contribution in [0.2, 0.25) is 5.02 Å². The van der Waals surface area contributed by atoms with Crippen LogP contribution in [0, 0.1) is 11.7 Å². The summed E-state index contributed by atoms with van der Waals surface area (Å²) >= 11 is 5.57. The van der Waals surface area contributed by atoms with Gasteiger partial charge in [-0.15, -0.1) is 0 Å². The number of rotatable bonds is 3. The van der Waals surface area contributed by atoms with Crippen molar-refractivity contribution in [2.75, 3.05) is 5.32 Å². The van der Waals surface area contributed by atoms with E-state index in [0.29, 0.717) is 5.92 Å². The highest BCUT2D eigenvalue weighted by atomic mass is 35.5. The number of anilines is 1. The van der Waals surface area contributed by atoms with Crippen LogP contribution < -0.4 is 22.1 Å². The number of nitrogens with two attached hydrogens (primary N) is 2. The minimum atomic E-state index is -0.888. The van der Waals surface area contributed by atoms with Gasteiger partial charge in [0.1, 0.15) is 5.82 Å². The smallest absolute Gasteiger partial charge is 0.313 e. The first-order valence-corrected chi connectivity index (χ1v) is 7.84. The van der Waals surface area contributed by atoms with Crippen LogP contribution in [0.1, 0.15) is 19.3 Å². The van der Waals surface area contributed by atoms with E-state index in [1.807, 2.05) is 0 Å². The maximum Gasteiger partial charge on any atom is 0.313 e. The number of halogens is 2. The van der Waals surface area contributed by atoms with Crippen molar-refractivity contribution in [3.63, 3.8) is 0 Å². The second-order valence-corrected chi connectivity index (χ2v) is 6.67. The summed E-state index contributed by atoms with van der Waals surface area (Å²) in [5, 5.41) is 4.94. The van der Waals surface area contributed by atoms with Crippen LogP contribution in [0.5, 0.6) is 0 Å². The van der Waals surface area contributed by atoms with E-state index >= 15 is 0 Å². The van der Waals surface area contributed by atoms with Crippen LogP contribution in [0.25, 0.3) is 0 Å². The number of carbonyl (C=O) groups is 2. The summed E-state index contributed by atoms with van der Waals surface area (Å²) < 4.78 is 13.4. The van der Waals surface area contributed by atoms with Crippen molar-refractivity contribution in [3.05, 3.63) is 29.0 Å². The highest BCUT2D eigenvalue weighted by Crippen LogP contribution is 2.54. The molecule has 3 aliphatic carbocycles. The van der Waals surface area contributed by atoms with Gasteiger partial charge >= 0.3 is 11.8 Å². The normalized spacial score (nSPS) is 27.1. The Balaban J connectivity index is 1.63. The molecule has 2 amide bonds. The Morgan fingerprint density at radius 3 is 2.62 bits per heavy atom. The number of amides is 2. The molecule has 0 aliphatic heterocycles. The lowest BCUT2D eigenvalue weighted by atomic mass is 9.76.